The number of rotatable bonds is 3. The molecule has 2 saturated heterocycles. The van der Waals surface area contributed by atoms with Gasteiger partial charge in [-0.15, -0.1) is 0 Å². The zero-order valence-electron chi connectivity index (χ0n) is 15.8. The molecule has 4 rings (SSSR count). The van der Waals surface area contributed by atoms with E-state index < -0.39 is 0 Å². The van der Waals surface area contributed by atoms with Crippen molar-refractivity contribution in [1.82, 2.24) is 15.5 Å². The predicted octanol–water partition coefficient (Wildman–Crippen LogP) is 2.29. The molecular formula is C21H30N4O. The molecule has 1 unspecified atom stereocenters. The largest absolute Gasteiger partial charge is 0.355 e. The maximum atomic E-state index is 11.7. The molecule has 5 heteroatoms. The maximum absolute atomic E-state index is 11.7. The van der Waals surface area contributed by atoms with Crippen molar-refractivity contribution in [3.05, 3.63) is 35.9 Å². The van der Waals surface area contributed by atoms with Gasteiger partial charge in [0.05, 0.1) is 0 Å². The van der Waals surface area contributed by atoms with Gasteiger partial charge in [0.15, 0.2) is 5.96 Å². The quantitative estimate of drug-likeness (QED) is 0.647. The van der Waals surface area contributed by atoms with Crippen LogP contribution in [0, 0.1) is 5.41 Å². The van der Waals surface area contributed by atoms with Crippen LogP contribution in [-0.4, -0.2) is 50.0 Å². The molecule has 1 aromatic rings. The summed E-state index contributed by atoms with van der Waals surface area (Å²) >= 11 is 0. The standard InChI is InChI=1S/C21H30N4O/c1-22-19(25-12-6-9-20(16-25)13-18(26)23-14-20)24-15-21(10-5-11-21)17-7-3-2-4-8-17/h2-4,7-8H,5-6,9-16H2,1H3,(H,22,24)(H,23,26). The lowest BCUT2D eigenvalue weighted by Crippen LogP contribution is -2.54. The van der Waals surface area contributed by atoms with E-state index in [4.69, 9.17) is 0 Å². The van der Waals surface area contributed by atoms with Crippen molar-refractivity contribution < 1.29 is 4.79 Å². The Morgan fingerprint density at radius 3 is 2.65 bits per heavy atom. The molecule has 3 fully saturated rings. The predicted molar refractivity (Wildman–Crippen MR) is 104 cm³/mol. The highest BCUT2D eigenvalue weighted by Crippen LogP contribution is 2.43. The van der Waals surface area contributed by atoms with E-state index in [9.17, 15) is 4.79 Å². The minimum absolute atomic E-state index is 0.0978. The second kappa shape index (κ2) is 6.93. The van der Waals surface area contributed by atoms with Gasteiger partial charge in [-0.3, -0.25) is 9.79 Å². The number of nitrogens with zero attached hydrogens (tertiary/aromatic N) is 2. The van der Waals surface area contributed by atoms with E-state index >= 15 is 0 Å². The summed E-state index contributed by atoms with van der Waals surface area (Å²) < 4.78 is 0. The minimum atomic E-state index is 0.0978. The highest BCUT2D eigenvalue weighted by atomic mass is 16.1. The van der Waals surface area contributed by atoms with Crippen LogP contribution in [0.25, 0.3) is 0 Å². The average molecular weight is 354 g/mol. The molecule has 1 atom stereocenters. The molecule has 0 aromatic heterocycles. The number of piperidine rings is 1. The second-order valence-electron chi connectivity index (χ2n) is 8.38. The molecule has 5 nitrogen and oxygen atoms in total. The number of likely N-dealkylation sites (tertiary alicyclic amines) is 1. The summed E-state index contributed by atoms with van der Waals surface area (Å²) in [6.07, 6.45) is 6.70. The summed E-state index contributed by atoms with van der Waals surface area (Å²) in [4.78, 5) is 18.7. The van der Waals surface area contributed by atoms with Crippen LogP contribution in [-0.2, 0) is 10.2 Å². The Hall–Kier alpha value is -2.04. The van der Waals surface area contributed by atoms with Crippen molar-refractivity contribution >= 4 is 11.9 Å². The third-order valence-electron chi connectivity index (χ3n) is 6.65. The molecular weight excluding hydrogens is 324 g/mol. The maximum Gasteiger partial charge on any atom is 0.220 e. The zero-order valence-corrected chi connectivity index (χ0v) is 15.8. The van der Waals surface area contributed by atoms with E-state index in [0.29, 0.717) is 6.42 Å². The van der Waals surface area contributed by atoms with Crippen molar-refractivity contribution in [1.29, 1.82) is 0 Å². The third kappa shape index (κ3) is 3.19. The number of amides is 1. The molecule has 1 saturated carbocycles. The van der Waals surface area contributed by atoms with Crippen LogP contribution in [0.3, 0.4) is 0 Å². The first-order valence-electron chi connectivity index (χ1n) is 9.93. The van der Waals surface area contributed by atoms with Gasteiger partial charge in [-0.1, -0.05) is 36.8 Å². The van der Waals surface area contributed by atoms with Crippen molar-refractivity contribution in [3.63, 3.8) is 0 Å². The fraction of sp³-hybridized carbons (Fsp3) is 0.619. The molecule has 26 heavy (non-hydrogen) atoms. The number of benzene rings is 1. The van der Waals surface area contributed by atoms with Gasteiger partial charge >= 0.3 is 0 Å². The number of carbonyl (C=O) groups is 1. The Morgan fingerprint density at radius 2 is 2.04 bits per heavy atom. The Kier molecular flexibility index (Phi) is 4.63. The first-order chi connectivity index (χ1) is 12.6. The molecule has 2 N–H and O–H groups in total. The zero-order chi connectivity index (χ0) is 18.0. The Labute approximate surface area is 156 Å². The van der Waals surface area contributed by atoms with Gasteiger partial charge in [0.1, 0.15) is 0 Å². The van der Waals surface area contributed by atoms with Crippen LogP contribution in [0.2, 0.25) is 0 Å². The molecule has 3 aliphatic rings. The SMILES string of the molecule is CN=C(NCC1(c2ccccc2)CCC1)N1CCCC2(CNC(=O)C2)C1. The number of carbonyl (C=O) groups excluding carboxylic acids is 1. The van der Waals surface area contributed by atoms with Crippen LogP contribution < -0.4 is 10.6 Å². The Balaban J connectivity index is 1.43. The van der Waals surface area contributed by atoms with E-state index in [1.165, 1.54) is 24.8 Å². The summed E-state index contributed by atoms with van der Waals surface area (Å²) in [6.45, 7) is 3.69. The van der Waals surface area contributed by atoms with Gasteiger partial charge in [0.2, 0.25) is 5.91 Å². The third-order valence-corrected chi connectivity index (χ3v) is 6.65. The molecule has 0 radical (unpaired) electrons. The molecule has 0 bridgehead atoms. The van der Waals surface area contributed by atoms with Gasteiger partial charge in [0, 0.05) is 50.5 Å². The fourth-order valence-electron chi connectivity index (χ4n) is 4.97. The first-order valence-corrected chi connectivity index (χ1v) is 9.93. The van der Waals surface area contributed by atoms with Crippen LogP contribution in [0.5, 0.6) is 0 Å². The minimum Gasteiger partial charge on any atom is -0.355 e. The van der Waals surface area contributed by atoms with E-state index in [2.05, 4.69) is 50.9 Å². The van der Waals surface area contributed by atoms with Crippen molar-refractivity contribution in [2.24, 2.45) is 10.4 Å². The summed E-state index contributed by atoms with van der Waals surface area (Å²) in [5.74, 6) is 1.19. The molecule has 1 aliphatic carbocycles. The number of hydrogen-bond acceptors (Lipinski definition) is 2. The number of guanidine groups is 1. The average Bonchev–Trinajstić information content (AvgIpc) is 2.98. The number of aliphatic imine (C=N–C) groups is 1. The highest BCUT2D eigenvalue weighted by Gasteiger charge is 2.43. The highest BCUT2D eigenvalue weighted by molar-refractivity contribution is 5.81. The topological polar surface area (TPSA) is 56.7 Å². The second-order valence-corrected chi connectivity index (χ2v) is 8.38. The van der Waals surface area contributed by atoms with E-state index in [1.807, 2.05) is 7.05 Å². The number of hydrogen-bond donors (Lipinski definition) is 2. The van der Waals surface area contributed by atoms with Crippen LogP contribution in [0.1, 0.15) is 44.1 Å². The summed E-state index contributed by atoms with van der Waals surface area (Å²) in [5.41, 5.74) is 1.78. The Bertz CT molecular complexity index is 683. The summed E-state index contributed by atoms with van der Waals surface area (Å²) in [5, 5.41) is 6.70. The summed E-state index contributed by atoms with van der Waals surface area (Å²) in [6, 6.07) is 10.9. The van der Waals surface area contributed by atoms with E-state index in [0.717, 1.165) is 45.0 Å². The first kappa shape index (κ1) is 17.4. The number of nitrogens with one attached hydrogen (secondary N) is 2. The van der Waals surface area contributed by atoms with Crippen LogP contribution >= 0.6 is 0 Å². The van der Waals surface area contributed by atoms with Crippen molar-refractivity contribution in [3.8, 4) is 0 Å². The fourth-order valence-corrected chi connectivity index (χ4v) is 4.97. The van der Waals surface area contributed by atoms with Gasteiger partial charge < -0.3 is 15.5 Å². The molecule has 1 spiro atoms. The van der Waals surface area contributed by atoms with Crippen LogP contribution in [0.15, 0.2) is 35.3 Å². The van der Waals surface area contributed by atoms with Gasteiger partial charge in [0.25, 0.3) is 0 Å². The Morgan fingerprint density at radius 1 is 1.23 bits per heavy atom. The van der Waals surface area contributed by atoms with Gasteiger partial charge in [-0.05, 0) is 31.2 Å². The summed E-state index contributed by atoms with van der Waals surface area (Å²) in [7, 11) is 1.87. The van der Waals surface area contributed by atoms with E-state index in [1.54, 1.807) is 0 Å². The lowest BCUT2D eigenvalue weighted by molar-refractivity contribution is -0.119. The lowest BCUT2D eigenvalue weighted by atomic mass is 9.64. The van der Waals surface area contributed by atoms with Gasteiger partial charge in [-0.25, -0.2) is 0 Å². The monoisotopic (exact) mass is 354 g/mol. The normalized spacial score (nSPS) is 28.0. The smallest absolute Gasteiger partial charge is 0.220 e. The molecule has 140 valence electrons. The van der Waals surface area contributed by atoms with Gasteiger partial charge in [-0.2, -0.15) is 0 Å². The van der Waals surface area contributed by atoms with Crippen molar-refractivity contribution in [2.45, 2.75) is 43.9 Å². The molecule has 1 amide bonds. The molecule has 2 aliphatic heterocycles. The lowest BCUT2D eigenvalue weighted by Gasteiger charge is -2.45. The van der Waals surface area contributed by atoms with E-state index in [-0.39, 0.29) is 16.7 Å². The van der Waals surface area contributed by atoms with Crippen molar-refractivity contribution in [2.75, 3.05) is 33.2 Å². The van der Waals surface area contributed by atoms with Crippen LogP contribution in [0.4, 0.5) is 0 Å². The molecule has 2 heterocycles. The molecule has 1 aromatic carbocycles.